The van der Waals surface area contributed by atoms with Gasteiger partial charge in [-0.3, -0.25) is 4.79 Å². The van der Waals surface area contributed by atoms with Crippen molar-refractivity contribution in [2.75, 3.05) is 52.9 Å². The largest absolute Gasteiger partial charge is 0.340 e. The van der Waals surface area contributed by atoms with Crippen LogP contribution in [0, 0.1) is 0 Å². The molecule has 2 heterocycles. The van der Waals surface area contributed by atoms with E-state index in [0.717, 1.165) is 26.2 Å². The van der Waals surface area contributed by atoms with E-state index in [0.29, 0.717) is 32.5 Å². The fourth-order valence-electron chi connectivity index (χ4n) is 2.74. The van der Waals surface area contributed by atoms with Gasteiger partial charge in [-0.15, -0.1) is 0 Å². The minimum absolute atomic E-state index is 0.164. The number of hydrogen-bond donors (Lipinski definition) is 1. The van der Waals surface area contributed by atoms with E-state index in [9.17, 15) is 13.2 Å². The maximum absolute atomic E-state index is 12.1. The number of primary sulfonamides is 1. The van der Waals surface area contributed by atoms with Crippen LogP contribution < -0.4 is 5.14 Å². The monoisotopic (exact) mass is 304 g/mol. The van der Waals surface area contributed by atoms with Crippen LogP contribution in [-0.4, -0.2) is 87.1 Å². The molecule has 0 aromatic carbocycles. The molecule has 7 nitrogen and oxygen atoms in total. The normalized spacial score (nSPS) is 26.1. The molecule has 1 unspecified atom stereocenters. The van der Waals surface area contributed by atoms with Crippen LogP contribution in [0.15, 0.2) is 0 Å². The summed E-state index contributed by atoms with van der Waals surface area (Å²) in [4.78, 5) is 18.2. The van der Waals surface area contributed by atoms with Gasteiger partial charge in [-0.2, -0.15) is 0 Å². The summed E-state index contributed by atoms with van der Waals surface area (Å²) >= 11 is 0. The van der Waals surface area contributed by atoms with Gasteiger partial charge >= 0.3 is 0 Å². The smallest absolute Gasteiger partial charge is 0.223 e. The highest BCUT2D eigenvalue weighted by Gasteiger charge is 2.31. The molecule has 20 heavy (non-hydrogen) atoms. The fraction of sp³-hybridized carbons (Fsp3) is 0.917. The standard InChI is InChI=1S/C12H24N4O3S/c1-14-6-8-16(9-7-14)12(17)3-5-15-4-2-11(10-15)20(13,18)19/h11H,2-10H2,1H3,(H2,13,18,19). The molecule has 8 heteroatoms. The third kappa shape index (κ3) is 4.15. The predicted octanol–water partition coefficient (Wildman–Crippen LogP) is -1.49. The molecule has 1 atom stereocenters. The number of sulfonamides is 1. The van der Waals surface area contributed by atoms with Gasteiger partial charge in [0.25, 0.3) is 0 Å². The van der Waals surface area contributed by atoms with Gasteiger partial charge in [0.15, 0.2) is 0 Å². The summed E-state index contributed by atoms with van der Waals surface area (Å²) < 4.78 is 22.5. The van der Waals surface area contributed by atoms with E-state index < -0.39 is 15.3 Å². The molecule has 0 aromatic rings. The maximum Gasteiger partial charge on any atom is 0.223 e. The molecule has 2 N–H and O–H groups in total. The average Bonchev–Trinajstić information content (AvgIpc) is 2.85. The lowest BCUT2D eigenvalue weighted by atomic mass is 10.3. The average molecular weight is 304 g/mol. The summed E-state index contributed by atoms with van der Waals surface area (Å²) in [7, 11) is -1.39. The molecule has 0 bridgehead atoms. The van der Waals surface area contributed by atoms with Crippen molar-refractivity contribution < 1.29 is 13.2 Å². The molecule has 0 aromatic heterocycles. The van der Waals surface area contributed by atoms with Gasteiger partial charge in [0.05, 0.1) is 5.25 Å². The minimum Gasteiger partial charge on any atom is -0.340 e. The number of carbonyl (C=O) groups excluding carboxylic acids is 1. The third-order valence-corrected chi connectivity index (χ3v) is 5.51. The Balaban J connectivity index is 1.72. The van der Waals surface area contributed by atoms with Crippen LogP contribution >= 0.6 is 0 Å². The van der Waals surface area contributed by atoms with Crippen molar-refractivity contribution >= 4 is 15.9 Å². The number of amides is 1. The van der Waals surface area contributed by atoms with Crippen molar-refractivity contribution in [3.63, 3.8) is 0 Å². The minimum atomic E-state index is -3.44. The molecule has 2 saturated heterocycles. The van der Waals surface area contributed by atoms with Crippen LogP contribution in [0.25, 0.3) is 0 Å². The number of nitrogens with two attached hydrogens (primary N) is 1. The Hall–Kier alpha value is -0.700. The summed E-state index contributed by atoms with van der Waals surface area (Å²) in [5.74, 6) is 0.164. The van der Waals surface area contributed by atoms with Crippen molar-refractivity contribution in [3.05, 3.63) is 0 Å². The van der Waals surface area contributed by atoms with E-state index in [1.165, 1.54) is 0 Å². The lowest BCUT2D eigenvalue weighted by Gasteiger charge is -2.32. The first-order valence-electron chi connectivity index (χ1n) is 7.06. The number of carbonyl (C=O) groups is 1. The van der Waals surface area contributed by atoms with Gasteiger partial charge in [-0.1, -0.05) is 0 Å². The van der Waals surface area contributed by atoms with Crippen LogP contribution in [0.3, 0.4) is 0 Å². The molecule has 0 aliphatic carbocycles. The number of hydrogen-bond acceptors (Lipinski definition) is 5. The van der Waals surface area contributed by atoms with Crippen LogP contribution in [0.1, 0.15) is 12.8 Å². The summed E-state index contributed by atoms with van der Waals surface area (Å²) in [6.07, 6.45) is 1.03. The van der Waals surface area contributed by atoms with Crippen LogP contribution in [0.5, 0.6) is 0 Å². The highest BCUT2D eigenvalue weighted by atomic mass is 32.2. The third-order valence-electron chi connectivity index (χ3n) is 4.19. The summed E-state index contributed by atoms with van der Waals surface area (Å²) in [5, 5.41) is 4.68. The van der Waals surface area contributed by atoms with Crippen molar-refractivity contribution in [2.24, 2.45) is 5.14 Å². The Morgan fingerprint density at radius 3 is 2.40 bits per heavy atom. The number of likely N-dealkylation sites (tertiary alicyclic amines) is 1. The Labute approximate surface area is 120 Å². The molecule has 0 spiro atoms. The zero-order valence-electron chi connectivity index (χ0n) is 12.0. The molecule has 2 fully saturated rings. The predicted molar refractivity (Wildman–Crippen MR) is 76.6 cm³/mol. The summed E-state index contributed by atoms with van der Waals surface area (Å²) in [6, 6.07) is 0. The quantitative estimate of drug-likeness (QED) is 0.684. The Bertz CT molecular complexity index is 446. The Kier molecular flexibility index (Phi) is 5.00. The highest BCUT2D eigenvalue weighted by Crippen LogP contribution is 2.15. The molecule has 2 aliphatic heterocycles. The zero-order valence-corrected chi connectivity index (χ0v) is 12.8. The molecular weight excluding hydrogens is 280 g/mol. The molecular formula is C12H24N4O3S. The van der Waals surface area contributed by atoms with E-state index in [1.807, 2.05) is 9.80 Å². The summed E-state index contributed by atoms with van der Waals surface area (Å²) in [5.41, 5.74) is 0. The Morgan fingerprint density at radius 2 is 1.85 bits per heavy atom. The SMILES string of the molecule is CN1CCN(C(=O)CCN2CCC(S(N)(=O)=O)C2)CC1. The first kappa shape index (κ1) is 15.7. The van der Waals surface area contributed by atoms with Gasteiger partial charge in [0.1, 0.15) is 0 Å². The molecule has 2 rings (SSSR count). The van der Waals surface area contributed by atoms with E-state index >= 15 is 0 Å². The fourth-order valence-corrected chi connectivity index (χ4v) is 3.59. The number of likely N-dealkylation sites (N-methyl/N-ethyl adjacent to an activating group) is 1. The molecule has 1 amide bonds. The molecule has 2 aliphatic rings. The second-order valence-corrected chi connectivity index (χ2v) is 7.58. The van der Waals surface area contributed by atoms with Crippen molar-refractivity contribution in [1.29, 1.82) is 0 Å². The van der Waals surface area contributed by atoms with Gasteiger partial charge in [-0.25, -0.2) is 13.6 Å². The number of nitrogens with zero attached hydrogens (tertiary/aromatic N) is 3. The van der Waals surface area contributed by atoms with E-state index in [1.54, 1.807) is 0 Å². The van der Waals surface area contributed by atoms with E-state index in [-0.39, 0.29) is 5.91 Å². The topological polar surface area (TPSA) is 86.9 Å². The second-order valence-electron chi connectivity index (χ2n) is 5.73. The molecule has 0 saturated carbocycles. The van der Waals surface area contributed by atoms with Crippen molar-refractivity contribution in [2.45, 2.75) is 18.1 Å². The Morgan fingerprint density at radius 1 is 1.20 bits per heavy atom. The van der Waals surface area contributed by atoms with Crippen LogP contribution in [0.4, 0.5) is 0 Å². The van der Waals surface area contributed by atoms with Gasteiger partial charge < -0.3 is 14.7 Å². The first-order valence-corrected chi connectivity index (χ1v) is 8.67. The number of rotatable bonds is 4. The highest BCUT2D eigenvalue weighted by molar-refractivity contribution is 7.89. The lowest BCUT2D eigenvalue weighted by Crippen LogP contribution is -2.47. The lowest BCUT2D eigenvalue weighted by molar-refractivity contribution is -0.133. The summed E-state index contributed by atoms with van der Waals surface area (Å²) in [6.45, 7) is 5.19. The van der Waals surface area contributed by atoms with Gasteiger partial charge in [-0.05, 0) is 20.0 Å². The van der Waals surface area contributed by atoms with Crippen LogP contribution in [-0.2, 0) is 14.8 Å². The zero-order chi connectivity index (χ0) is 14.8. The van der Waals surface area contributed by atoms with Crippen LogP contribution in [0.2, 0.25) is 0 Å². The van der Waals surface area contributed by atoms with Crippen molar-refractivity contribution in [1.82, 2.24) is 14.7 Å². The number of piperazine rings is 1. The second kappa shape index (κ2) is 6.38. The van der Waals surface area contributed by atoms with Gasteiger partial charge in [0.2, 0.25) is 15.9 Å². The van der Waals surface area contributed by atoms with E-state index in [4.69, 9.17) is 5.14 Å². The van der Waals surface area contributed by atoms with Gasteiger partial charge in [0, 0.05) is 45.7 Å². The first-order chi connectivity index (χ1) is 9.36. The maximum atomic E-state index is 12.1. The molecule has 0 radical (unpaired) electrons. The van der Waals surface area contributed by atoms with Crippen molar-refractivity contribution in [3.8, 4) is 0 Å². The van der Waals surface area contributed by atoms with E-state index in [2.05, 4.69) is 11.9 Å². The molecule has 116 valence electrons.